The van der Waals surface area contributed by atoms with E-state index in [1.807, 2.05) is 84.9 Å². The van der Waals surface area contributed by atoms with Gasteiger partial charge < -0.3 is 9.47 Å². The molecule has 2 nitrogen and oxygen atoms in total. The minimum absolute atomic E-state index is 0.700. The number of benzene rings is 5. The molecule has 0 N–H and O–H groups in total. The normalized spacial score (nSPS) is 10.7. The van der Waals surface area contributed by atoms with Crippen molar-refractivity contribution in [3.05, 3.63) is 140 Å². The highest BCUT2D eigenvalue weighted by atomic mass is 31.1. The second-order valence-electron chi connectivity index (χ2n) is 7.49. The highest BCUT2D eigenvalue weighted by Gasteiger charge is 2.17. The summed E-state index contributed by atoms with van der Waals surface area (Å²) in [4.78, 5) is 0. The maximum absolute atomic E-state index is 5.99. The van der Waals surface area contributed by atoms with E-state index in [0.717, 1.165) is 23.0 Å². The van der Waals surface area contributed by atoms with Crippen molar-refractivity contribution in [1.82, 2.24) is 0 Å². The second-order valence-corrected chi connectivity index (χ2v) is 9.71. The first-order valence-corrected chi connectivity index (χ1v) is 12.2. The summed E-state index contributed by atoms with van der Waals surface area (Å²) in [6.45, 7) is 0. The maximum atomic E-state index is 5.99. The Morgan fingerprint density at radius 1 is 0.303 bits per heavy atom. The molecule has 0 saturated heterocycles. The van der Waals surface area contributed by atoms with Crippen molar-refractivity contribution in [2.45, 2.75) is 0 Å². The van der Waals surface area contributed by atoms with Gasteiger partial charge in [0, 0.05) is 0 Å². The molecule has 0 aliphatic rings. The van der Waals surface area contributed by atoms with Gasteiger partial charge in [0.2, 0.25) is 0 Å². The van der Waals surface area contributed by atoms with Gasteiger partial charge >= 0.3 is 0 Å². The molecular formula is C30H23O2P. The minimum Gasteiger partial charge on any atom is -0.457 e. The van der Waals surface area contributed by atoms with Crippen LogP contribution in [0, 0.1) is 0 Å². The van der Waals surface area contributed by atoms with Gasteiger partial charge in [-0.2, -0.15) is 0 Å². The van der Waals surface area contributed by atoms with Crippen molar-refractivity contribution < 1.29 is 9.47 Å². The van der Waals surface area contributed by atoms with Crippen LogP contribution in [0.5, 0.6) is 23.0 Å². The molecule has 0 aliphatic carbocycles. The van der Waals surface area contributed by atoms with E-state index in [4.69, 9.17) is 9.47 Å². The van der Waals surface area contributed by atoms with Crippen LogP contribution in [0.25, 0.3) is 0 Å². The van der Waals surface area contributed by atoms with Crippen LogP contribution in [0.3, 0.4) is 0 Å². The lowest BCUT2D eigenvalue weighted by Gasteiger charge is -2.20. The zero-order valence-corrected chi connectivity index (χ0v) is 18.9. The molecule has 160 valence electrons. The molecule has 0 aliphatic heterocycles. The molecule has 3 heteroatoms. The third kappa shape index (κ3) is 5.31. The molecule has 5 rings (SSSR count). The van der Waals surface area contributed by atoms with Gasteiger partial charge in [-0.3, -0.25) is 0 Å². The molecule has 0 spiro atoms. The van der Waals surface area contributed by atoms with Gasteiger partial charge in [-0.25, -0.2) is 0 Å². The van der Waals surface area contributed by atoms with Crippen LogP contribution in [0.2, 0.25) is 0 Å². The quantitative estimate of drug-likeness (QED) is 0.250. The Bertz CT molecular complexity index is 1190. The number of para-hydroxylation sites is 2. The predicted molar refractivity (Wildman–Crippen MR) is 138 cm³/mol. The summed E-state index contributed by atoms with van der Waals surface area (Å²) in [7, 11) is -0.700. The molecule has 0 amide bonds. The first kappa shape index (κ1) is 21.0. The van der Waals surface area contributed by atoms with Gasteiger partial charge in [0.05, 0.1) is 0 Å². The Labute approximate surface area is 195 Å². The van der Waals surface area contributed by atoms with Gasteiger partial charge in [-0.05, 0) is 72.4 Å². The minimum atomic E-state index is -0.700. The molecule has 0 bridgehead atoms. The molecule has 0 unspecified atom stereocenters. The molecule has 5 aromatic rings. The Hall–Kier alpha value is -3.87. The maximum Gasteiger partial charge on any atom is 0.127 e. The van der Waals surface area contributed by atoms with E-state index in [1.54, 1.807) is 0 Å². The van der Waals surface area contributed by atoms with E-state index in [9.17, 15) is 0 Å². The highest BCUT2D eigenvalue weighted by molar-refractivity contribution is 7.79. The van der Waals surface area contributed by atoms with Crippen molar-refractivity contribution in [2.75, 3.05) is 0 Å². The summed E-state index contributed by atoms with van der Waals surface area (Å²) < 4.78 is 12.0. The fourth-order valence-electron chi connectivity index (χ4n) is 3.60. The molecular weight excluding hydrogens is 423 g/mol. The van der Waals surface area contributed by atoms with Crippen LogP contribution in [0.15, 0.2) is 140 Å². The summed E-state index contributed by atoms with van der Waals surface area (Å²) in [6, 6.07) is 47.3. The van der Waals surface area contributed by atoms with Crippen LogP contribution >= 0.6 is 7.92 Å². The Morgan fingerprint density at radius 3 is 1.00 bits per heavy atom. The van der Waals surface area contributed by atoms with Crippen molar-refractivity contribution in [3.63, 3.8) is 0 Å². The van der Waals surface area contributed by atoms with Gasteiger partial charge in [0.15, 0.2) is 0 Å². The van der Waals surface area contributed by atoms with E-state index in [2.05, 4.69) is 54.6 Å². The summed E-state index contributed by atoms with van der Waals surface area (Å²) in [5, 5.41) is 3.85. The van der Waals surface area contributed by atoms with Crippen LogP contribution in [0.1, 0.15) is 0 Å². The number of hydrogen-bond acceptors (Lipinski definition) is 2. The van der Waals surface area contributed by atoms with Gasteiger partial charge in [0.25, 0.3) is 0 Å². The molecule has 0 radical (unpaired) electrons. The largest absolute Gasteiger partial charge is 0.457 e. The third-order valence-corrected chi connectivity index (χ3v) is 7.61. The second kappa shape index (κ2) is 10.2. The molecule has 33 heavy (non-hydrogen) atoms. The molecule has 0 atom stereocenters. The fourth-order valence-corrected chi connectivity index (χ4v) is 5.86. The first-order chi connectivity index (χ1) is 16.3. The SMILES string of the molecule is c1ccc(Oc2ccc(P(c3ccccc3)c3ccc(Oc4ccccc4)cc3)cc2)cc1. The Kier molecular flexibility index (Phi) is 6.47. The molecule has 0 fully saturated rings. The van der Waals surface area contributed by atoms with Gasteiger partial charge in [0.1, 0.15) is 23.0 Å². The van der Waals surface area contributed by atoms with Crippen LogP contribution in [0.4, 0.5) is 0 Å². The first-order valence-electron chi connectivity index (χ1n) is 10.9. The molecule has 0 heterocycles. The average molecular weight is 446 g/mol. The lowest BCUT2D eigenvalue weighted by molar-refractivity contribution is 0.482. The Balaban J connectivity index is 1.42. The smallest absolute Gasteiger partial charge is 0.127 e. The number of rotatable bonds is 7. The summed E-state index contributed by atoms with van der Waals surface area (Å²) in [5.74, 6) is 3.34. The lowest BCUT2D eigenvalue weighted by atomic mass is 10.3. The summed E-state index contributed by atoms with van der Waals surface area (Å²) in [6.07, 6.45) is 0. The van der Waals surface area contributed by atoms with E-state index < -0.39 is 7.92 Å². The van der Waals surface area contributed by atoms with Crippen LogP contribution in [-0.2, 0) is 0 Å². The van der Waals surface area contributed by atoms with E-state index in [-0.39, 0.29) is 0 Å². The zero-order valence-electron chi connectivity index (χ0n) is 18.0. The summed E-state index contributed by atoms with van der Waals surface area (Å²) in [5.41, 5.74) is 0. The standard InChI is InChI=1S/C30H23O2P/c1-4-10-24(11-5-1)31-26-16-20-29(21-17-26)33(28-14-8-3-9-15-28)30-22-18-27(19-23-30)32-25-12-6-2-7-13-25/h1-23H. The molecule has 5 aromatic carbocycles. The topological polar surface area (TPSA) is 18.5 Å². The van der Waals surface area contributed by atoms with E-state index >= 15 is 0 Å². The van der Waals surface area contributed by atoms with Crippen molar-refractivity contribution >= 4 is 23.8 Å². The van der Waals surface area contributed by atoms with Gasteiger partial charge in [-0.1, -0.05) is 91.0 Å². The predicted octanol–water partition coefficient (Wildman–Crippen LogP) is 7.03. The van der Waals surface area contributed by atoms with Crippen molar-refractivity contribution in [2.24, 2.45) is 0 Å². The number of ether oxygens (including phenoxy) is 2. The van der Waals surface area contributed by atoms with E-state index in [0.29, 0.717) is 0 Å². The summed E-state index contributed by atoms with van der Waals surface area (Å²) >= 11 is 0. The molecule has 0 saturated carbocycles. The van der Waals surface area contributed by atoms with Crippen molar-refractivity contribution in [1.29, 1.82) is 0 Å². The van der Waals surface area contributed by atoms with Crippen molar-refractivity contribution in [3.8, 4) is 23.0 Å². The monoisotopic (exact) mass is 446 g/mol. The lowest BCUT2D eigenvalue weighted by Crippen LogP contribution is -2.20. The van der Waals surface area contributed by atoms with Crippen LogP contribution in [-0.4, -0.2) is 0 Å². The zero-order chi connectivity index (χ0) is 22.3. The Morgan fingerprint density at radius 2 is 0.606 bits per heavy atom. The highest BCUT2D eigenvalue weighted by Crippen LogP contribution is 2.34. The average Bonchev–Trinajstić information content (AvgIpc) is 2.88. The number of hydrogen-bond donors (Lipinski definition) is 0. The van der Waals surface area contributed by atoms with Gasteiger partial charge in [-0.15, -0.1) is 0 Å². The van der Waals surface area contributed by atoms with E-state index in [1.165, 1.54) is 15.9 Å². The molecule has 0 aromatic heterocycles. The third-order valence-electron chi connectivity index (χ3n) is 5.16. The van der Waals surface area contributed by atoms with Crippen LogP contribution < -0.4 is 25.4 Å². The fraction of sp³-hybridized carbons (Fsp3) is 0.